The molecule has 0 saturated carbocycles. The summed E-state index contributed by atoms with van der Waals surface area (Å²) < 4.78 is 0. The Hall–Kier alpha value is -2.96. The van der Waals surface area contributed by atoms with Gasteiger partial charge >= 0.3 is 0 Å². The second kappa shape index (κ2) is 4.27. The van der Waals surface area contributed by atoms with Crippen LogP contribution in [0, 0.1) is 10.1 Å². The molecule has 0 spiro atoms. The molecule has 0 aliphatic carbocycles. The molecule has 21 heavy (non-hydrogen) atoms. The molecule has 1 aliphatic heterocycles. The molecule has 0 bridgehead atoms. The molecular weight excluding hydrogens is 274 g/mol. The predicted octanol–water partition coefficient (Wildman–Crippen LogP) is 1.70. The van der Waals surface area contributed by atoms with Crippen LogP contribution in [0.4, 0.5) is 11.4 Å². The first-order chi connectivity index (χ1) is 9.91. The number of anilines is 1. The van der Waals surface area contributed by atoms with Gasteiger partial charge in [0.25, 0.3) is 17.5 Å². The number of nitrogens with zero attached hydrogens (tertiary/aromatic N) is 2. The van der Waals surface area contributed by atoms with Gasteiger partial charge in [-0.1, -0.05) is 12.1 Å². The van der Waals surface area contributed by atoms with E-state index in [1.807, 2.05) is 0 Å². The number of hydrogen-bond acceptors (Lipinski definition) is 5. The number of carbonyl (C=O) groups is 2. The lowest BCUT2D eigenvalue weighted by Crippen LogP contribution is -2.35. The summed E-state index contributed by atoms with van der Waals surface area (Å²) in [5.41, 5.74) is 0.713. The van der Waals surface area contributed by atoms with E-state index in [1.165, 1.54) is 6.07 Å². The van der Waals surface area contributed by atoms with Crippen molar-refractivity contribution in [3.05, 3.63) is 45.5 Å². The van der Waals surface area contributed by atoms with Gasteiger partial charge in [0.2, 0.25) is 0 Å². The molecule has 0 unspecified atom stereocenters. The molecule has 7 heteroatoms. The number of rotatable bonds is 2. The number of carbonyl (C=O) groups excluding carboxylic acids is 2. The second-order valence-electron chi connectivity index (χ2n) is 4.95. The smallest absolute Gasteiger partial charge is 0.293 e. The Bertz CT molecular complexity index is 827. The Morgan fingerprint density at radius 2 is 1.81 bits per heavy atom. The fourth-order valence-electron chi connectivity index (χ4n) is 2.67. The van der Waals surface area contributed by atoms with Crippen molar-refractivity contribution >= 4 is 34.0 Å². The topological polar surface area (TPSA) is 92.5 Å². The summed E-state index contributed by atoms with van der Waals surface area (Å²) in [4.78, 5) is 36.2. The molecule has 2 aromatic rings. The highest BCUT2D eigenvalue weighted by Crippen LogP contribution is 2.39. The van der Waals surface area contributed by atoms with Gasteiger partial charge in [0.15, 0.2) is 0 Å². The average molecular weight is 285 g/mol. The Kier molecular flexibility index (Phi) is 2.65. The van der Waals surface area contributed by atoms with Crippen LogP contribution in [0.25, 0.3) is 10.8 Å². The van der Waals surface area contributed by atoms with Crippen molar-refractivity contribution in [1.29, 1.82) is 0 Å². The molecule has 0 radical (unpaired) electrons. The molecule has 1 N–H and O–H groups in total. The summed E-state index contributed by atoms with van der Waals surface area (Å²) in [6, 6.07) is 6.14. The van der Waals surface area contributed by atoms with Gasteiger partial charge in [-0.2, -0.15) is 0 Å². The van der Waals surface area contributed by atoms with Crippen molar-refractivity contribution in [2.24, 2.45) is 0 Å². The Morgan fingerprint density at radius 1 is 1.14 bits per heavy atom. The van der Waals surface area contributed by atoms with E-state index in [9.17, 15) is 19.7 Å². The highest BCUT2D eigenvalue weighted by Gasteiger charge is 2.31. The number of amides is 2. The summed E-state index contributed by atoms with van der Waals surface area (Å²) in [7, 11) is 3.36. The van der Waals surface area contributed by atoms with E-state index in [4.69, 9.17) is 0 Å². The van der Waals surface area contributed by atoms with E-state index in [0.29, 0.717) is 22.0 Å². The maximum Gasteiger partial charge on any atom is 0.293 e. The molecule has 1 heterocycles. The summed E-state index contributed by atoms with van der Waals surface area (Å²) in [5.74, 6) is -1.10. The summed E-state index contributed by atoms with van der Waals surface area (Å²) in [5, 5.41) is 14.5. The number of nitrogens with one attached hydrogen (secondary N) is 1. The van der Waals surface area contributed by atoms with Crippen molar-refractivity contribution in [2.45, 2.75) is 0 Å². The van der Waals surface area contributed by atoms with E-state index in [2.05, 4.69) is 5.32 Å². The average Bonchev–Trinajstić information content (AvgIpc) is 2.42. The molecule has 0 saturated heterocycles. The van der Waals surface area contributed by atoms with Gasteiger partial charge in [0.05, 0.1) is 10.5 Å². The van der Waals surface area contributed by atoms with Gasteiger partial charge in [-0.15, -0.1) is 0 Å². The third-order valence-corrected chi connectivity index (χ3v) is 3.47. The molecule has 2 amide bonds. The van der Waals surface area contributed by atoms with Crippen molar-refractivity contribution < 1.29 is 14.5 Å². The number of hydrogen-bond donors (Lipinski definition) is 1. The second-order valence-corrected chi connectivity index (χ2v) is 4.95. The zero-order valence-corrected chi connectivity index (χ0v) is 11.3. The first-order valence-corrected chi connectivity index (χ1v) is 6.19. The fraction of sp³-hybridized carbons (Fsp3) is 0.143. The van der Waals surface area contributed by atoms with Crippen molar-refractivity contribution in [3.8, 4) is 0 Å². The zero-order valence-electron chi connectivity index (χ0n) is 11.3. The molecule has 0 atom stereocenters. The van der Waals surface area contributed by atoms with Crippen LogP contribution in [0.2, 0.25) is 0 Å². The van der Waals surface area contributed by atoms with Crippen LogP contribution in [-0.2, 0) is 0 Å². The van der Waals surface area contributed by atoms with Gasteiger partial charge in [-0.25, -0.2) is 0 Å². The predicted molar refractivity (Wildman–Crippen MR) is 76.7 cm³/mol. The van der Waals surface area contributed by atoms with E-state index in [-0.39, 0.29) is 11.3 Å². The van der Waals surface area contributed by atoms with Gasteiger partial charge in [0.1, 0.15) is 5.69 Å². The molecule has 0 fully saturated rings. The van der Waals surface area contributed by atoms with E-state index < -0.39 is 16.7 Å². The van der Waals surface area contributed by atoms with E-state index >= 15 is 0 Å². The van der Waals surface area contributed by atoms with E-state index in [0.717, 1.165) is 0 Å². The van der Waals surface area contributed by atoms with E-state index in [1.54, 1.807) is 37.2 Å². The number of nitro groups is 1. The quantitative estimate of drug-likeness (QED) is 0.515. The van der Waals surface area contributed by atoms with Gasteiger partial charge in [-0.3, -0.25) is 25.0 Å². The van der Waals surface area contributed by atoms with Gasteiger partial charge in [0, 0.05) is 36.5 Å². The van der Waals surface area contributed by atoms with Crippen LogP contribution < -0.4 is 10.2 Å². The highest BCUT2D eigenvalue weighted by molar-refractivity contribution is 6.27. The molecule has 3 rings (SSSR count). The fourth-order valence-corrected chi connectivity index (χ4v) is 2.67. The number of nitro benzene ring substituents is 1. The SMILES string of the molecule is CN(C)c1c([N+](=O)[O-])cc2c3c(cccc13)C(=O)NC2=O. The highest BCUT2D eigenvalue weighted by atomic mass is 16.6. The molecule has 106 valence electrons. The standard InChI is InChI=1S/C14H11N3O4/c1-16(2)12-7-4-3-5-8-11(7)9(6-10(12)17(20)21)14(19)15-13(8)18/h3-6H,1-2H3,(H,15,18,19). The van der Waals surface area contributed by atoms with Gasteiger partial charge in [-0.05, 0) is 6.07 Å². The third-order valence-electron chi connectivity index (χ3n) is 3.47. The first-order valence-electron chi connectivity index (χ1n) is 6.19. The van der Waals surface area contributed by atoms with Crippen molar-refractivity contribution in [2.75, 3.05) is 19.0 Å². The van der Waals surface area contributed by atoms with Crippen LogP contribution in [0.3, 0.4) is 0 Å². The van der Waals surface area contributed by atoms with Crippen LogP contribution in [0.5, 0.6) is 0 Å². The maximum atomic E-state index is 12.0. The van der Waals surface area contributed by atoms with Crippen LogP contribution >= 0.6 is 0 Å². The Labute approximate surface area is 119 Å². The largest absolute Gasteiger partial charge is 0.372 e. The van der Waals surface area contributed by atoms with Crippen LogP contribution in [0.15, 0.2) is 24.3 Å². The van der Waals surface area contributed by atoms with Crippen molar-refractivity contribution in [1.82, 2.24) is 5.32 Å². The van der Waals surface area contributed by atoms with Crippen LogP contribution in [-0.4, -0.2) is 30.8 Å². The Morgan fingerprint density at radius 3 is 2.43 bits per heavy atom. The zero-order chi connectivity index (χ0) is 15.3. The lowest BCUT2D eigenvalue weighted by Gasteiger charge is -2.21. The minimum atomic E-state index is -0.614. The molecule has 1 aliphatic rings. The molecule has 2 aromatic carbocycles. The summed E-state index contributed by atoms with van der Waals surface area (Å²) in [6.07, 6.45) is 0. The monoisotopic (exact) mass is 285 g/mol. The lowest BCUT2D eigenvalue weighted by atomic mass is 9.93. The van der Waals surface area contributed by atoms with Gasteiger partial charge < -0.3 is 4.90 Å². The third kappa shape index (κ3) is 1.74. The molecule has 0 aromatic heterocycles. The minimum absolute atomic E-state index is 0.150. The van der Waals surface area contributed by atoms with Crippen LogP contribution in [0.1, 0.15) is 20.7 Å². The maximum absolute atomic E-state index is 12.0. The molecular formula is C14H11N3O4. The summed E-state index contributed by atoms with van der Waals surface area (Å²) >= 11 is 0. The number of benzene rings is 2. The normalized spacial score (nSPS) is 13.2. The summed E-state index contributed by atoms with van der Waals surface area (Å²) in [6.45, 7) is 0. The van der Waals surface area contributed by atoms with Crippen molar-refractivity contribution in [3.63, 3.8) is 0 Å². The minimum Gasteiger partial charge on any atom is -0.372 e. The first kappa shape index (κ1) is 13.0. The Balaban J connectivity index is 2.56. The lowest BCUT2D eigenvalue weighted by molar-refractivity contribution is -0.384. The molecule has 7 nitrogen and oxygen atoms in total. The number of imide groups is 1.